The predicted octanol–water partition coefficient (Wildman–Crippen LogP) is 3.40. The first-order valence-corrected chi connectivity index (χ1v) is 11.3. The molecule has 0 radical (unpaired) electrons. The van der Waals surface area contributed by atoms with Crippen LogP contribution in [0.25, 0.3) is 0 Å². The number of ether oxygens (including phenoxy) is 2. The van der Waals surface area contributed by atoms with Crippen LogP contribution in [0.3, 0.4) is 0 Å². The quantitative estimate of drug-likeness (QED) is 0.474. The van der Waals surface area contributed by atoms with Crippen molar-refractivity contribution in [3.05, 3.63) is 0 Å². The van der Waals surface area contributed by atoms with Crippen LogP contribution in [0, 0.1) is 11.3 Å². The smallest absolute Gasteiger partial charge is 0.410 e. The molecule has 2 aliphatic rings. The number of aliphatic imine (C=N–C) groups is 1. The minimum absolute atomic E-state index is 0.194. The van der Waals surface area contributed by atoms with E-state index in [0.29, 0.717) is 11.3 Å². The molecule has 2 fully saturated rings. The molecule has 0 bridgehead atoms. The lowest BCUT2D eigenvalue weighted by molar-refractivity contribution is 0.0185. The van der Waals surface area contributed by atoms with Crippen molar-refractivity contribution < 1.29 is 14.3 Å². The molecular weight excluding hydrogens is 368 g/mol. The van der Waals surface area contributed by atoms with Gasteiger partial charge in [-0.05, 0) is 71.1 Å². The lowest BCUT2D eigenvalue weighted by Crippen LogP contribution is -2.45. The highest BCUT2D eigenvalue weighted by Gasteiger charge is 2.36. The van der Waals surface area contributed by atoms with Crippen LogP contribution in [-0.2, 0) is 9.47 Å². The first-order chi connectivity index (χ1) is 13.8. The molecule has 1 heterocycles. The minimum atomic E-state index is -0.437. The summed E-state index contributed by atoms with van der Waals surface area (Å²) in [5.74, 6) is 1.45. The number of likely N-dealkylation sites (tertiary alicyclic amines) is 1. The fraction of sp³-hybridized carbons (Fsp3) is 0.909. The summed E-state index contributed by atoms with van der Waals surface area (Å²) in [5, 5.41) is 6.90. The Labute approximate surface area is 177 Å². The van der Waals surface area contributed by atoms with Crippen molar-refractivity contribution in [2.24, 2.45) is 16.3 Å². The van der Waals surface area contributed by atoms with Crippen molar-refractivity contribution in [3.8, 4) is 0 Å². The topological polar surface area (TPSA) is 75.2 Å². The number of nitrogens with one attached hydrogen (secondary N) is 2. The Morgan fingerprint density at radius 3 is 2.41 bits per heavy atom. The molecule has 2 N–H and O–H groups in total. The first kappa shape index (κ1) is 23.8. The standard InChI is InChI=1S/C22H42N4O3/c1-6-23-19(25-17-22(10-7-11-22)12-15-28-5)24-16-18-8-13-26(14-9-18)20(27)29-21(2,3)4/h18H,6-17H2,1-5H3,(H2,23,24,25). The van der Waals surface area contributed by atoms with E-state index in [4.69, 9.17) is 14.5 Å². The maximum absolute atomic E-state index is 12.2. The fourth-order valence-electron chi connectivity index (χ4n) is 3.96. The van der Waals surface area contributed by atoms with Gasteiger partial charge in [0.1, 0.15) is 5.60 Å². The highest BCUT2D eigenvalue weighted by molar-refractivity contribution is 5.79. The summed E-state index contributed by atoms with van der Waals surface area (Å²) in [4.78, 5) is 18.9. The molecule has 0 aromatic rings. The molecule has 1 saturated carbocycles. The number of amides is 1. The van der Waals surface area contributed by atoms with Crippen molar-refractivity contribution >= 4 is 12.1 Å². The van der Waals surface area contributed by atoms with Crippen LogP contribution in [0.4, 0.5) is 4.79 Å². The minimum Gasteiger partial charge on any atom is -0.444 e. The molecule has 7 heteroatoms. The van der Waals surface area contributed by atoms with E-state index in [0.717, 1.165) is 64.6 Å². The van der Waals surface area contributed by atoms with Gasteiger partial charge in [-0.25, -0.2) is 4.79 Å². The Balaban J connectivity index is 1.77. The molecule has 29 heavy (non-hydrogen) atoms. The fourth-order valence-corrected chi connectivity index (χ4v) is 3.96. The molecule has 0 atom stereocenters. The molecule has 2 rings (SSSR count). The van der Waals surface area contributed by atoms with Crippen LogP contribution in [-0.4, -0.2) is 69.0 Å². The number of rotatable bonds is 8. The predicted molar refractivity (Wildman–Crippen MR) is 117 cm³/mol. The van der Waals surface area contributed by atoms with E-state index in [-0.39, 0.29) is 6.09 Å². The molecule has 0 aromatic carbocycles. The second-order valence-corrected chi connectivity index (χ2v) is 9.58. The van der Waals surface area contributed by atoms with Gasteiger partial charge in [0, 0.05) is 46.4 Å². The lowest BCUT2D eigenvalue weighted by Gasteiger charge is -2.41. The van der Waals surface area contributed by atoms with Crippen molar-refractivity contribution in [1.82, 2.24) is 15.5 Å². The van der Waals surface area contributed by atoms with Crippen molar-refractivity contribution in [2.75, 3.05) is 46.4 Å². The Morgan fingerprint density at radius 1 is 1.21 bits per heavy atom. The van der Waals surface area contributed by atoms with Gasteiger partial charge in [0.15, 0.2) is 5.96 Å². The molecule has 1 saturated heterocycles. The van der Waals surface area contributed by atoms with E-state index in [2.05, 4.69) is 17.6 Å². The largest absolute Gasteiger partial charge is 0.444 e. The Hall–Kier alpha value is -1.50. The summed E-state index contributed by atoms with van der Waals surface area (Å²) in [6, 6.07) is 0. The summed E-state index contributed by atoms with van der Waals surface area (Å²) in [5.41, 5.74) is -0.106. The van der Waals surface area contributed by atoms with Crippen molar-refractivity contribution in [3.63, 3.8) is 0 Å². The summed E-state index contributed by atoms with van der Waals surface area (Å²) in [6.45, 7) is 12.8. The zero-order valence-electron chi connectivity index (χ0n) is 19.2. The van der Waals surface area contributed by atoms with Gasteiger partial charge in [-0.3, -0.25) is 4.99 Å². The Bertz CT molecular complexity index is 533. The molecule has 168 valence electrons. The second kappa shape index (κ2) is 11.0. The Kier molecular flexibility index (Phi) is 9.05. The second-order valence-electron chi connectivity index (χ2n) is 9.58. The highest BCUT2D eigenvalue weighted by Crippen LogP contribution is 2.44. The third-order valence-corrected chi connectivity index (χ3v) is 5.99. The average molecular weight is 411 g/mol. The lowest BCUT2D eigenvalue weighted by atomic mass is 9.67. The number of hydrogen-bond donors (Lipinski definition) is 2. The van der Waals surface area contributed by atoms with Crippen LogP contribution in [0.1, 0.15) is 66.2 Å². The monoisotopic (exact) mass is 410 g/mol. The molecule has 1 aliphatic heterocycles. The molecule has 0 aromatic heterocycles. The summed E-state index contributed by atoms with van der Waals surface area (Å²) in [6.07, 6.45) is 6.69. The third-order valence-electron chi connectivity index (χ3n) is 5.99. The van der Waals surface area contributed by atoms with E-state index in [1.165, 1.54) is 19.3 Å². The van der Waals surface area contributed by atoms with Crippen molar-refractivity contribution in [1.29, 1.82) is 0 Å². The highest BCUT2D eigenvalue weighted by atomic mass is 16.6. The van der Waals surface area contributed by atoms with Crippen LogP contribution in [0.15, 0.2) is 4.99 Å². The van der Waals surface area contributed by atoms with Crippen LogP contribution >= 0.6 is 0 Å². The van der Waals surface area contributed by atoms with Crippen molar-refractivity contribution in [2.45, 2.75) is 71.8 Å². The van der Waals surface area contributed by atoms with Gasteiger partial charge in [-0.2, -0.15) is 0 Å². The number of nitrogens with zero attached hydrogens (tertiary/aromatic N) is 2. The number of carbonyl (C=O) groups is 1. The SMILES string of the molecule is CCNC(=NCC1(CCOC)CCC1)NCC1CCN(C(=O)OC(C)(C)C)CC1. The zero-order valence-corrected chi connectivity index (χ0v) is 19.2. The van der Waals surface area contributed by atoms with E-state index < -0.39 is 5.60 Å². The maximum atomic E-state index is 12.2. The van der Waals surface area contributed by atoms with E-state index in [1.807, 2.05) is 25.7 Å². The van der Waals surface area contributed by atoms with Gasteiger partial charge < -0.3 is 25.0 Å². The molecule has 7 nitrogen and oxygen atoms in total. The van der Waals surface area contributed by atoms with Gasteiger partial charge in [-0.1, -0.05) is 6.42 Å². The molecule has 0 unspecified atom stereocenters. The summed E-state index contributed by atoms with van der Waals surface area (Å²) in [7, 11) is 1.77. The number of carbonyl (C=O) groups excluding carboxylic acids is 1. The first-order valence-electron chi connectivity index (χ1n) is 11.3. The molecule has 1 aliphatic carbocycles. The van der Waals surface area contributed by atoms with Gasteiger partial charge in [0.2, 0.25) is 0 Å². The van der Waals surface area contributed by atoms with E-state index >= 15 is 0 Å². The number of methoxy groups -OCH3 is 1. The van der Waals surface area contributed by atoms with Crippen LogP contribution < -0.4 is 10.6 Å². The van der Waals surface area contributed by atoms with Gasteiger partial charge in [0.25, 0.3) is 0 Å². The van der Waals surface area contributed by atoms with Crippen LogP contribution in [0.2, 0.25) is 0 Å². The maximum Gasteiger partial charge on any atom is 0.410 e. The molecular formula is C22H42N4O3. The number of guanidine groups is 1. The third kappa shape index (κ3) is 8.03. The Morgan fingerprint density at radius 2 is 1.90 bits per heavy atom. The van der Waals surface area contributed by atoms with E-state index in [1.54, 1.807) is 7.11 Å². The van der Waals surface area contributed by atoms with Crippen LogP contribution in [0.5, 0.6) is 0 Å². The summed E-state index contributed by atoms with van der Waals surface area (Å²) >= 11 is 0. The molecule has 0 spiro atoms. The van der Waals surface area contributed by atoms with Gasteiger partial charge in [0.05, 0.1) is 0 Å². The molecule has 1 amide bonds. The van der Waals surface area contributed by atoms with Gasteiger partial charge in [-0.15, -0.1) is 0 Å². The normalized spacial score (nSPS) is 20.2. The average Bonchev–Trinajstić information content (AvgIpc) is 2.64. The van der Waals surface area contributed by atoms with Gasteiger partial charge >= 0.3 is 6.09 Å². The summed E-state index contributed by atoms with van der Waals surface area (Å²) < 4.78 is 10.8. The zero-order chi connectivity index (χ0) is 21.3. The van der Waals surface area contributed by atoms with E-state index in [9.17, 15) is 4.79 Å². The number of piperidine rings is 1. The number of hydrogen-bond acceptors (Lipinski definition) is 4.